The molecule has 2 aromatic heterocycles. The first-order chi connectivity index (χ1) is 18.8. The molecule has 2 fully saturated rings. The first-order valence-corrected chi connectivity index (χ1v) is 12.7. The molecule has 3 aliphatic rings. The minimum Gasteiger partial charge on any atom is -0.494 e. The number of carbonyl (C=O) groups excluding carboxylic acids is 3. The van der Waals surface area contributed by atoms with Crippen LogP contribution in [0.25, 0.3) is 11.1 Å². The van der Waals surface area contributed by atoms with Gasteiger partial charge in [0, 0.05) is 38.9 Å². The summed E-state index contributed by atoms with van der Waals surface area (Å²) in [5, 5.41) is 7.94. The van der Waals surface area contributed by atoms with Gasteiger partial charge in [-0.15, -0.1) is 0 Å². The monoisotopic (exact) mass is 540 g/mol. The van der Waals surface area contributed by atoms with Gasteiger partial charge in [0.2, 0.25) is 0 Å². The maximum atomic E-state index is 13.8. The Balaban J connectivity index is 0.000000143. The fourth-order valence-corrected chi connectivity index (χ4v) is 4.40. The number of nitrogens with zero attached hydrogens (tertiary/aromatic N) is 3. The maximum Gasteiger partial charge on any atom is 0.322 e. The minimum absolute atomic E-state index is 0.123. The van der Waals surface area contributed by atoms with Crippen LogP contribution in [0, 0.1) is 5.82 Å². The molecule has 1 atom stereocenters. The van der Waals surface area contributed by atoms with Gasteiger partial charge in [-0.3, -0.25) is 19.9 Å². The number of rotatable bonds is 2. The Morgan fingerprint density at radius 1 is 1.10 bits per heavy atom. The standard InChI is InChI=1S/C11H12FNO2.C10H7N3O3.C6H14N2/c1-13-6-5-7-3-4-8(15-2)10(12)9(7)11(13)14;14-9-8(12-10(15)13-9)7-4-5-6(16-7)2-1-3-11-5;1-8-5-2-3-7-4-6-8/h3-4H,5-6H2,1-2H3;1-4,8H,(H2,12,13,14,15);7H,2-6H2,1H3. The number of carbonyl (C=O) groups is 3. The van der Waals surface area contributed by atoms with Crippen LogP contribution in [0.4, 0.5) is 9.18 Å². The Morgan fingerprint density at radius 3 is 2.64 bits per heavy atom. The van der Waals surface area contributed by atoms with E-state index in [1.54, 1.807) is 43.6 Å². The molecule has 6 rings (SSSR count). The summed E-state index contributed by atoms with van der Waals surface area (Å²) >= 11 is 0. The number of imide groups is 1. The molecule has 208 valence electrons. The van der Waals surface area contributed by atoms with E-state index in [-0.39, 0.29) is 17.2 Å². The normalized spacial score (nSPS) is 19.1. The zero-order valence-corrected chi connectivity index (χ0v) is 22.3. The SMILES string of the molecule is CN1CCCNCC1.COc1ccc2c(c1F)C(=O)N(C)CC2.O=C1NC(=O)C(c2cc3ncccc3o2)N1. The van der Waals surface area contributed by atoms with Gasteiger partial charge >= 0.3 is 6.03 Å². The Labute approximate surface area is 225 Å². The number of pyridine rings is 1. The summed E-state index contributed by atoms with van der Waals surface area (Å²) in [6, 6.07) is 7.17. The van der Waals surface area contributed by atoms with Gasteiger partial charge in [0.05, 0.1) is 12.7 Å². The van der Waals surface area contributed by atoms with Crippen molar-refractivity contribution in [3.8, 4) is 5.75 Å². The van der Waals surface area contributed by atoms with Crippen LogP contribution < -0.4 is 20.7 Å². The number of aromatic nitrogens is 1. The number of urea groups is 1. The second kappa shape index (κ2) is 12.7. The quantitative estimate of drug-likeness (QED) is 0.422. The molecular weight excluding hydrogens is 507 g/mol. The zero-order valence-electron chi connectivity index (χ0n) is 22.3. The number of amides is 4. The molecule has 5 heterocycles. The largest absolute Gasteiger partial charge is 0.494 e. The van der Waals surface area contributed by atoms with Crippen LogP contribution >= 0.6 is 0 Å². The van der Waals surface area contributed by atoms with Crippen LogP contribution in [-0.4, -0.2) is 86.6 Å². The molecular formula is C27H33FN6O5. The van der Waals surface area contributed by atoms with Crippen LogP contribution in [0.5, 0.6) is 5.75 Å². The van der Waals surface area contributed by atoms with E-state index in [2.05, 4.69) is 32.9 Å². The number of methoxy groups -OCH3 is 1. The van der Waals surface area contributed by atoms with Crippen molar-refractivity contribution >= 4 is 28.9 Å². The Morgan fingerprint density at radius 2 is 1.92 bits per heavy atom. The molecule has 3 aliphatic heterocycles. The van der Waals surface area contributed by atoms with Crippen LogP contribution in [0.15, 0.2) is 40.9 Å². The lowest BCUT2D eigenvalue weighted by atomic mass is 9.98. The van der Waals surface area contributed by atoms with E-state index in [1.165, 1.54) is 38.1 Å². The third-order valence-corrected chi connectivity index (χ3v) is 6.62. The lowest BCUT2D eigenvalue weighted by Gasteiger charge is -2.25. The summed E-state index contributed by atoms with van der Waals surface area (Å²) in [6.45, 7) is 5.46. The van der Waals surface area contributed by atoms with Gasteiger partial charge in [-0.2, -0.15) is 0 Å². The van der Waals surface area contributed by atoms with Crippen molar-refractivity contribution in [3.05, 3.63) is 59.2 Å². The number of halogens is 1. The molecule has 12 heteroatoms. The van der Waals surface area contributed by atoms with Crippen LogP contribution in [-0.2, 0) is 11.2 Å². The number of furan rings is 1. The minimum atomic E-state index is -0.762. The first kappa shape index (κ1) is 28.0. The van der Waals surface area contributed by atoms with Gasteiger partial charge in [-0.05, 0) is 56.7 Å². The van der Waals surface area contributed by atoms with Gasteiger partial charge in [0.1, 0.15) is 11.3 Å². The van der Waals surface area contributed by atoms with Crippen molar-refractivity contribution in [2.75, 3.05) is 53.9 Å². The molecule has 39 heavy (non-hydrogen) atoms. The number of hydrogen-bond acceptors (Lipinski definition) is 8. The van der Waals surface area contributed by atoms with Crippen LogP contribution in [0.2, 0.25) is 0 Å². The van der Waals surface area contributed by atoms with E-state index in [9.17, 15) is 18.8 Å². The molecule has 2 saturated heterocycles. The van der Waals surface area contributed by atoms with Crippen molar-refractivity contribution in [1.29, 1.82) is 0 Å². The van der Waals surface area contributed by atoms with E-state index in [1.807, 2.05) is 0 Å². The summed E-state index contributed by atoms with van der Waals surface area (Å²) < 4.78 is 24.1. The van der Waals surface area contributed by atoms with Gasteiger partial charge in [-0.25, -0.2) is 9.18 Å². The molecule has 1 aromatic carbocycles. The van der Waals surface area contributed by atoms with Gasteiger partial charge in [0.25, 0.3) is 11.8 Å². The molecule has 1 unspecified atom stereocenters. The number of likely N-dealkylation sites (N-methyl/N-ethyl adjacent to an activating group) is 2. The van der Waals surface area contributed by atoms with Gasteiger partial charge in [-0.1, -0.05) is 6.07 Å². The number of ether oxygens (including phenoxy) is 1. The van der Waals surface area contributed by atoms with Crippen molar-refractivity contribution in [3.63, 3.8) is 0 Å². The summed E-state index contributed by atoms with van der Waals surface area (Å²) in [5.41, 5.74) is 2.16. The lowest BCUT2D eigenvalue weighted by Crippen LogP contribution is -2.35. The van der Waals surface area contributed by atoms with E-state index >= 15 is 0 Å². The molecule has 0 radical (unpaired) electrons. The zero-order chi connectivity index (χ0) is 27.9. The highest BCUT2D eigenvalue weighted by molar-refractivity contribution is 6.04. The number of hydrogen-bond donors (Lipinski definition) is 3. The Bertz CT molecular complexity index is 1300. The third-order valence-electron chi connectivity index (χ3n) is 6.62. The fourth-order valence-electron chi connectivity index (χ4n) is 4.40. The predicted molar refractivity (Wildman–Crippen MR) is 142 cm³/mol. The lowest BCUT2D eigenvalue weighted by molar-refractivity contribution is -0.120. The van der Waals surface area contributed by atoms with E-state index in [0.717, 1.165) is 12.1 Å². The molecule has 11 nitrogen and oxygen atoms in total. The second-order valence-electron chi connectivity index (χ2n) is 9.43. The highest BCUT2D eigenvalue weighted by Gasteiger charge is 2.33. The van der Waals surface area contributed by atoms with Gasteiger partial charge in [0.15, 0.2) is 23.2 Å². The van der Waals surface area contributed by atoms with Crippen LogP contribution in [0.3, 0.4) is 0 Å². The smallest absolute Gasteiger partial charge is 0.322 e. The fraction of sp³-hybridized carbons (Fsp3) is 0.407. The molecule has 0 saturated carbocycles. The predicted octanol–water partition coefficient (Wildman–Crippen LogP) is 2.08. The summed E-state index contributed by atoms with van der Waals surface area (Å²) in [4.78, 5) is 42.0. The highest BCUT2D eigenvalue weighted by atomic mass is 19.1. The Hall–Kier alpha value is -4.03. The summed E-state index contributed by atoms with van der Waals surface area (Å²) in [7, 11) is 5.24. The molecule has 4 amide bonds. The highest BCUT2D eigenvalue weighted by Crippen LogP contribution is 2.28. The van der Waals surface area contributed by atoms with Gasteiger partial charge < -0.3 is 29.6 Å². The molecule has 3 aromatic rings. The average molecular weight is 541 g/mol. The van der Waals surface area contributed by atoms with E-state index in [0.29, 0.717) is 29.8 Å². The molecule has 0 spiro atoms. The third kappa shape index (κ3) is 6.70. The number of nitrogens with one attached hydrogen (secondary N) is 3. The molecule has 0 bridgehead atoms. The van der Waals surface area contributed by atoms with Crippen molar-refractivity contribution in [1.82, 2.24) is 30.7 Å². The molecule has 0 aliphatic carbocycles. The number of benzene rings is 1. The molecule has 3 N–H and O–H groups in total. The maximum absolute atomic E-state index is 13.8. The number of fused-ring (bicyclic) bond motifs is 2. The summed E-state index contributed by atoms with van der Waals surface area (Å²) in [5.74, 6) is -0.724. The average Bonchev–Trinajstić information content (AvgIpc) is 3.41. The van der Waals surface area contributed by atoms with E-state index in [4.69, 9.17) is 9.15 Å². The van der Waals surface area contributed by atoms with E-state index < -0.39 is 23.8 Å². The Kier molecular flexibility index (Phi) is 9.10. The van der Waals surface area contributed by atoms with Crippen molar-refractivity contribution < 1.29 is 27.9 Å². The van der Waals surface area contributed by atoms with Crippen LogP contribution in [0.1, 0.15) is 34.1 Å². The van der Waals surface area contributed by atoms with Crippen molar-refractivity contribution in [2.45, 2.75) is 18.9 Å². The van der Waals surface area contributed by atoms with Crippen molar-refractivity contribution in [2.24, 2.45) is 0 Å². The topological polar surface area (TPSA) is 129 Å². The summed E-state index contributed by atoms with van der Waals surface area (Å²) in [6.07, 6.45) is 3.63. The second-order valence-corrected chi connectivity index (χ2v) is 9.43. The first-order valence-electron chi connectivity index (χ1n) is 12.7.